The number of morpholine rings is 1. The molecule has 2 amide bonds. The Morgan fingerprint density at radius 3 is 2.68 bits per heavy atom. The molecule has 9 heteroatoms. The second-order valence-corrected chi connectivity index (χ2v) is 8.01. The number of halogens is 1. The second kappa shape index (κ2) is 9.12. The van der Waals surface area contributed by atoms with Gasteiger partial charge in [0.05, 0.1) is 19.0 Å². The van der Waals surface area contributed by atoms with Crippen LogP contribution in [0.3, 0.4) is 0 Å². The van der Waals surface area contributed by atoms with Crippen LogP contribution < -0.4 is 10.6 Å². The zero-order chi connectivity index (χ0) is 18.3. The number of urea groups is 1. The van der Waals surface area contributed by atoms with Crippen LogP contribution in [-0.2, 0) is 21.2 Å². The van der Waals surface area contributed by atoms with E-state index in [-0.39, 0.29) is 24.2 Å². The molecular formula is C16H24FN3O4S. The van der Waals surface area contributed by atoms with Crippen molar-refractivity contribution in [1.29, 1.82) is 0 Å². The van der Waals surface area contributed by atoms with Crippen LogP contribution in [0.1, 0.15) is 12.5 Å². The molecule has 0 spiro atoms. The normalized spacial score (nSPS) is 17.0. The van der Waals surface area contributed by atoms with Gasteiger partial charge in [-0.2, -0.15) is 4.31 Å². The Bertz CT molecular complexity index is 678. The largest absolute Gasteiger partial charge is 0.379 e. The summed E-state index contributed by atoms with van der Waals surface area (Å²) < 4.78 is 44.3. The number of ether oxygens (including phenoxy) is 1. The Morgan fingerprint density at radius 1 is 1.32 bits per heavy atom. The summed E-state index contributed by atoms with van der Waals surface area (Å²) >= 11 is 0. The first-order chi connectivity index (χ1) is 11.9. The SMILES string of the molecule is CC(Cc1ccccc1F)NC(=O)NCCS(=O)(=O)N1CCOCC1. The molecule has 140 valence electrons. The predicted molar refractivity (Wildman–Crippen MR) is 92.3 cm³/mol. The molecule has 1 aromatic rings. The maximum atomic E-state index is 13.6. The minimum Gasteiger partial charge on any atom is -0.379 e. The van der Waals surface area contributed by atoms with E-state index in [1.165, 1.54) is 10.4 Å². The Hall–Kier alpha value is -1.71. The van der Waals surface area contributed by atoms with E-state index in [9.17, 15) is 17.6 Å². The molecule has 1 aliphatic rings. The fourth-order valence-electron chi connectivity index (χ4n) is 2.57. The Morgan fingerprint density at radius 2 is 2.00 bits per heavy atom. The molecular weight excluding hydrogens is 349 g/mol. The van der Waals surface area contributed by atoms with Crippen molar-refractivity contribution in [3.05, 3.63) is 35.6 Å². The number of hydrogen-bond acceptors (Lipinski definition) is 4. The van der Waals surface area contributed by atoms with E-state index in [0.717, 1.165) is 0 Å². The fourth-order valence-corrected chi connectivity index (χ4v) is 3.89. The fraction of sp³-hybridized carbons (Fsp3) is 0.562. The van der Waals surface area contributed by atoms with Gasteiger partial charge in [0.25, 0.3) is 0 Å². The summed E-state index contributed by atoms with van der Waals surface area (Å²) in [4.78, 5) is 11.8. The van der Waals surface area contributed by atoms with Gasteiger partial charge >= 0.3 is 6.03 Å². The van der Waals surface area contributed by atoms with Gasteiger partial charge in [0.2, 0.25) is 10.0 Å². The zero-order valence-electron chi connectivity index (χ0n) is 14.2. The van der Waals surface area contributed by atoms with Crippen LogP contribution >= 0.6 is 0 Å². The van der Waals surface area contributed by atoms with E-state index in [1.807, 2.05) is 0 Å². The Balaban J connectivity index is 1.72. The Labute approximate surface area is 147 Å². The number of hydrogen-bond donors (Lipinski definition) is 2. The first-order valence-electron chi connectivity index (χ1n) is 8.22. The third kappa shape index (κ3) is 6.26. The van der Waals surface area contributed by atoms with Crippen molar-refractivity contribution in [2.75, 3.05) is 38.6 Å². The highest BCUT2D eigenvalue weighted by molar-refractivity contribution is 7.89. The molecule has 1 aromatic carbocycles. The number of carbonyl (C=O) groups is 1. The van der Waals surface area contributed by atoms with E-state index in [4.69, 9.17) is 4.74 Å². The van der Waals surface area contributed by atoms with Crippen molar-refractivity contribution in [3.8, 4) is 0 Å². The van der Waals surface area contributed by atoms with Gasteiger partial charge in [0.1, 0.15) is 5.82 Å². The number of amides is 2. The summed E-state index contributed by atoms with van der Waals surface area (Å²) in [5.74, 6) is -0.476. The molecule has 7 nitrogen and oxygen atoms in total. The number of carbonyl (C=O) groups excluding carboxylic acids is 1. The van der Waals surface area contributed by atoms with Gasteiger partial charge in [-0.1, -0.05) is 18.2 Å². The van der Waals surface area contributed by atoms with E-state index in [2.05, 4.69) is 10.6 Å². The highest BCUT2D eigenvalue weighted by Crippen LogP contribution is 2.09. The summed E-state index contributed by atoms with van der Waals surface area (Å²) in [5, 5.41) is 5.20. The van der Waals surface area contributed by atoms with Gasteiger partial charge in [0.15, 0.2) is 0 Å². The van der Waals surface area contributed by atoms with Gasteiger partial charge in [0, 0.05) is 25.7 Å². The number of sulfonamides is 1. The van der Waals surface area contributed by atoms with E-state index in [0.29, 0.717) is 38.3 Å². The summed E-state index contributed by atoms with van der Waals surface area (Å²) in [7, 11) is -3.40. The molecule has 1 fully saturated rings. The van der Waals surface area contributed by atoms with E-state index >= 15 is 0 Å². The average molecular weight is 373 g/mol. The predicted octanol–water partition coefficient (Wildman–Crippen LogP) is 0.718. The molecule has 0 aromatic heterocycles. The summed E-state index contributed by atoms with van der Waals surface area (Å²) in [5.41, 5.74) is 0.519. The average Bonchev–Trinajstić information content (AvgIpc) is 2.57. The molecule has 2 rings (SSSR count). The van der Waals surface area contributed by atoms with Crippen LogP contribution in [0.4, 0.5) is 9.18 Å². The molecule has 1 heterocycles. The molecule has 1 aliphatic heterocycles. The molecule has 0 radical (unpaired) electrons. The van der Waals surface area contributed by atoms with Crippen LogP contribution in [0.5, 0.6) is 0 Å². The molecule has 2 N–H and O–H groups in total. The van der Waals surface area contributed by atoms with Crippen LogP contribution in [0.15, 0.2) is 24.3 Å². The summed E-state index contributed by atoms with van der Waals surface area (Å²) in [6, 6.07) is 5.63. The van der Waals surface area contributed by atoms with E-state index in [1.54, 1.807) is 25.1 Å². The minimum atomic E-state index is -3.40. The number of nitrogens with zero attached hydrogens (tertiary/aromatic N) is 1. The second-order valence-electron chi connectivity index (χ2n) is 5.92. The van der Waals surface area contributed by atoms with E-state index < -0.39 is 16.1 Å². The van der Waals surface area contributed by atoms with Crippen LogP contribution in [-0.4, -0.2) is 63.4 Å². The minimum absolute atomic E-state index is 0.0118. The highest BCUT2D eigenvalue weighted by atomic mass is 32.2. The van der Waals surface area contributed by atoms with Gasteiger partial charge in [-0.3, -0.25) is 0 Å². The summed E-state index contributed by atoms with van der Waals surface area (Å²) in [6.45, 7) is 3.23. The highest BCUT2D eigenvalue weighted by Gasteiger charge is 2.24. The van der Waals surface area contributed by atoms with Crippen molar-refractivity contribution in [3.63, 3.8) is 0 Å². The quantitative estimate of drug-likeness (QED) is 0.737. The van der Waals surface area contributed by atoms with Crippen molar-refractivity contribution in [2.45, 2.75) is 19.4 Å². The number of benzene rings is 1. The number of nitrogens with one attached hydrogen (secondary N) is 2. The lowest BCUT2D eigenvalue weighted by molar-refractivity contribution is 0.0730. The zero-order valence-corrected chi connectivity index (χ0v) is 15.0. The maximum Gasteiger partial charge on any atom is 0.315 e. The van der Waals surface area contributed by atoms with Gasteiger partial charge in [-0.15, -0.1) is 0 Å². The first-order valence-corrected chi connectivity index (χ1v) is 9.83. The third-order valence-corrected chi connectivity index (χ3v) is 5.74. The molecule has 1 unspecified atom stereocenters. The molecule has 0 bridgehead atoms. The third-order valence-electron chi connectivity index (χ3n) is 3.87. The van der Waals surface area contributed by atoms with Gasteiger partial charge in [-0.05, 0) is 25.0 Å². The monoisotopic (exact) mass is 373 g/mol. The van der Waals surface area contributed by atoms with Gasteiger partial charge < -0.3 is 15.4 Å². The smallest absolute Gasteiger partial charge is 0.315 e. The molecule has 1 atom stereocenters. The van der Waals surface area contributed by atoms with Crippen LogP contribution in [0.25, 0.3) is 0 Å². The van der Waals surface area contributed by atoms with Crippen molar-refractivity contribution >= 4 is 16.1 Å². The molecule has 25 heavy (non-hydrogen) atoms. The van der Waals surface area contributed by atoms with Gasteiger partial charge in [-0.25, -0.2) is 17.6 Å². The maximum absolute atomic E-state index is 13.6. The first kappa shape index (κ1) is 19.6. The van der Waals surface area contributed by atoms with Crippen LogP contribution in [0, 0.1) is 5.82 Å². The lowest BCUT2D eigenvalue weighted by Gasteiger charge is -2.26. The van der Waals surface area contributed by atoms with Crippen molar-refractivity contribution in [2.24, 2.45) is 0 Å². The molecule has 1 saturated heterocycles. The lowest BCUT2D eigenvalue weighted by Crippen LogP contribution is -2.46. The van der Waals surface area contributed by atoms with Crippen molar-refractivity contribution in [1.82, 2.24) is 14.9 Å². The van der Waals surface area contributed by atoms with Crippen molar-refractivity contribution < 1.29 is 22.3 Å². The molecule has 0 saturated carbocycles. The van der Waals surface area contributed by atoms with Crippen LogP contribution in [0.2, 0.25) is 0 Å². The topological polar surface area (TPSA) is 87.7 Å². The number of rotatable bonds is 7. The molecule has 0 aliphatic carbocycles. The summed E-state index contributed by atoms with van der Waals surface area (Å²) in [6.07, 6.45) is 0.353. The standard InChI is InChI=1S/C16H24FN3O4S/c1-13(12-14-4-2-3-5-15(14)17)19-16(21)18-6-11-25(22,23)20-7-9-24-10-8-20/h2-5,13H,6-12H2,1H3,(H2,18,19,21). The lowest BCUT2D eigenvalue weighted by atomic mass is 10.1. The Kier molecular flexibility index (Phi) is 7.15.